The van der Waals surface area contributed by atoms with Crippen LogP contribution in [-0.2, 0) is 11.3 Å². The Bertz CT molecular complexity index is 375. The normalized spacial score (nSPS) is 9.00. The van der Waals surface area contributed by atoms with Crippen LogP contribution in [0.25, 0.3) is 0 Å². The molecule has 0 radical (unpaired) electrons. The average Bonchev–Trinajstić information content (AvgIpc) is 2.34. The largest absolute Gasteiger partial charge is 0.362 e. The first-order valence-corrected chi connectivity index (χ1v) is 5.67. The summed E-state index contributed by atoms with van der Waals surface area (Å²) in [7, 11) is 5.71. The zero-order valence-corrected chi connectivity index (χ0v) is 13.1. The van der Waals surface area contributed by atoms with E-state index in [1.165, 1.54) is 0 Å². The summed E-state index contributed by atoms with van der Waals surface area (Å²) >= 11 is 0. The first-order chi connectivity index (χ1) is 8.15. The molecule has 0 bridgehead atoms. The Morgan fingerprint density at radius 2 is 2.05 bits per heavy atom. The van der Waals surface area contributed by atoms with E-state index >= 15 is 0 Å². The van der Waals surface area contributed by atoms with Crippen LogP contribution in [0.4, 0.5) is 5.82 Å². The van der Waals surface area contributed by atoms with Crippen molar-refractivity contribution < 1.29 is 4.79 Å². The maximum atomic E-state index is 11.5. The molecule has 19 heavy (non-hydrogen) atoms. The van der Waals surface area contributed by atoms with Crippen molar-refractivity contribution in [3.8, 4) is 0 Å². The lowest BCUT2D eigenvalue weighted by atomic mass is 10.2. The van der Waals surface area contributed by atoms with Crippen LogP contribution < -0.4 is 15.5 Å². The summed E-state index contributed by atoms with van der Waals surface area (Å²) in [5, 5.41) is 5.83. The fourth-order valence-electron chi connectivity index (χ4n) is 1.49. The Balaban J connectivity index is 0. The molecular weight excluding hydrogens is 287 g/mol. The standard InChI is InChI=1S/C12H20N4O.2ClH/c1-13-8-6-11(17)15-9-10-5-4-7-14-12(10)16(2)3;;/h4-5,7,13H,6,8-9H2,1-3H3,(H,15,17);2*1H. The van der Waals surface area contributed by atoms with Gasteiger partial charge in [-0.25, -0.2) is 4.98 Å². The Labute approximate surface area is 127 Å². The maximum absolute atomic E-state index is 11.5. The summed E-state index contributed by atoms with van der Waals surface area (Å²) in [6, 6.07) is 3.85. The van der Waals surface area contributed by atoms with Gasteiger partial charge in [-0.05, 0) is 13.1 Å². The Morgan fingerprint density at radius 1 is 1.37 bits per heavy atom. The van der Waals surface area contributed by atoms with E-state index in [0.717, 1.165) is 11.4 Å². The van der Waals surface area contributed by atoms with E-state index < -0.39 is 0 Å². The molecule has 0 aliphatic carbocycles. The fraction of sp³-hybridized carbons (Fsp3) is 0.500. The first-order valence-electron chi connectivity index (χ1n) is 5.67. The van der Waals surface area contributed by atoms with Gasteiger partial charge < -0.3 is 15.5 Å². The van der Waals surface area contributed by atoms with E-state index in [1.54, 1.807) is 6.20 Å². The van der Waals surface area contributed by atoms with Crippen LogP contribution in [0.3, 0.4) is 0 Å². The smallest absolute Gasteiger partial charge is 0.221 e. The molecule has 0 aliphatic rings. The van der Waals surface area contributed by atoms with E-state index in [0.29, 0.717) is 19.5 Å². The van der Waals surface area contributed by atoms with E-state index in [4.69, 9.17) is 0 Å². The minimum absolute atomic E-state index is 0. The highest BCUT2D eigenvalue weighted by Gasteiger charge is 2.06. The minimum atomic E-state index is 0. The van der Waals surface area contributed by atoms with Gasteiger partial charge in [0.1, 0.15) is 5.82 Å². The molecular formula is C12H22Cl2N4O. The number of carbonyl (C=O) groups is 1. The second kappa shape index (κ2) is 10.8. The highest BCUT2D eigenvalue weighted by molar-refractivity contribution is 5.85. The maximum Gasteiger partial charge on any atom is 0.221 e. The highest BCUT2D eigenvalue weighted by Crippen LogP contribution is 2.13. The molecule has 0 saturated heterocycles. The van der Waals surface area contributed by atoms with Crippen molar-refractivity contribution in [3.63, 3.8) is 0 Å². The van der Waals surface area contributed by atoms with Gasteiger partial charge in [-0.2, -0.15) is 0 Å². The van der Waals surface area contributed by atoms with E-state index in [2.05, 4.69) is 15.6 Å². The van der Waals surface area contributed by atoms with Crippen molar-refractivity contribution in [2.24, 2.45) is 0 Å². The van der Waals surface area contributed by atoms with Crippen LogP contribution in [0, 0.1) is 0 Å². The molecule has 110 valence electrons. The lowest BCUT2D eigenvalue weighted by molar-refractivity contribution is -0.121. The molecule has 1 heterocycles. The third-order valence-electron chi connectivity index (χ3n) is 2.37. The molecule has 1 amide bonds. The predicted molar refractivity (Wildman–Crippen MR) is 83.5 cm³/mol. The number of nitrogens with zero attached hydrogens (tertiary/aromatic N) is 2. The molecule has 0 unspecified atom stereocenters. The summed E-state index contributed by atoms with van der Waals surface area (Å²) in [4.78, 5) is 17.7. The number of hydrogen-bond acceptors (Lipinski definition) is 4. The van der Waals surface area contributed by atoms with E-state index in [-0.39, 0.29) is 30.7 Å². The van der Waals surface area contributed by atoms with Crippen molar-refractivity contribution in [1.29, 1.82) is 0 Å². The summed E-state index contributed by atoms with van der Waals surface area (Å²) in [6.45, 7) is 1.21. The number of pyridine rings is 1. The number of aromatic nitrogens is 1. The summed E-state index contributed by atoms with van der Waals surface area (Å²) in [6.07, 6.45) is 2.25. The van der Waals surface area contributed by atoms with E-state index in [9.17, 15) is 4.79 Å². The molecule has 0 fully saturated rings. The van der Waals surface area contributed by atoms with Gasteiger partial charge in [0.2, 0.25) is 5.91 Å². The van der Waals surface area contributed by atoms with Crippen molar-refractivity contribution in [2.45, 2.75) is 13.0 Å². The second-order valence-electron chi connectivity index (χ2n) is 4.01. The van der Waals surface area contributed by atoms with Gasteiger partial charge in [-0.3, -0.25) is 4.79 Å². The van der Waals surface area contributed by atoms with Gasteiger partial charge in [0.25, 0.3) is 0 Å². The molecule has 0 atom stereocenters. The van der Waals surface area contributed by atoms with Crippen LogP contribution in [0.15, 0.2) is 18.3 Å². The van der Waals surface area contributed by atoms with Gasteiger partial charge in [0.15, 0.2) is 0 Å². The van der Waals surface area contributed by atoms with Gasteiger partial charge >= 0.3 is 0 Å². The number of halogens is 2. The van der Waals surface area contributed by atoms with Crippen molar-refractivity contribution in [3.05, 3.63) is 23.9 Å². The number of carbonyl (C=O) groups excluding carboxylic acids is 1. The molecule has 0 spiro atoms. The average molecular weight is 309 g/mol. The number of rotatable bonds is 6. The SMILES string of the molecule is CNCCC(=O)NCc1cccnc1N(C)C.Cl.Cl. The van der Waals surface area contributed by atoms with Crippen molar-refractivity contribution in [2.75, 3.05) is 32.6 Å². The van der Waals surface area contributed by atoms with Gasteiger partial charge in [0, 0.05) is 45.4 Å². The van der Waals surface area contributed by atoms with Crippen LogP contribution in [0.1, 0.15) is 12.0 Å². The second-order valence-corrected chi connectivity index (χ2v) is 4.01. The molecule has 1 aromatic rings. The summed E-state index contributed by atoms with van der Waals surface area (Å²) < 4.78 is 0. The lowest BCUT2D eigenvalue weighted by Gasteiger charge is -2.16. The minimum Gasteiger partial charge on any atom is -0.362 e. The van der Waals surface area contributed by atoms with Crippen molar-refractivity contribution in [1.82, 2.24) is 15.6 Å². The quantitative estimate of drug-likeness (QED) is 0.829. The van der Waals surface area contributed by atoms with Crippen LogP contribution >= 0.6 is 24.8 Å². The number of hydrogen-bond donors (Lipinski definition) is 2. The Kier molecular flexibility index (Phi) is 11.6. The Morgan fingerprint density at radius 3 is 2.63 bits per heavy atom. The topological polar surface area (TPSA) is 57.3 Å². The lowest BCUT2D eigenvalue weighted by Crippen LogP contribution is -2.27. The summed E-state index contributed by atoms with van der Waals surface area (Å²) in [5.74, 6) is 0.939. The fourth-order valence-corrected chi connectivity index (χ4v) is 1.49. The zero-order chi connectivity index (χ0) is 12.7. The molecule has 1 aromatic heterocycles. The van der Waals surface area contributed by atoms with E-state index in [1.807, 2.05) is 38.2 Å². The van der Waals surface area contributed by atoms with Gasteiger partial charge in [-0.1, -0.05) is 6.07 Å². The summed E-state index contributed by atoms with van der Waals surface area (Å²) in [5.41, 5.74) is 1.02. The third kappa shape index (κ3) is 7.20. The van der Waals surface area contributed by atoms with Crippen LogP contribution in [0.2, 0.25) is 0 Å². The number of anilines is 1. The molecule has 0 saturated carbocycles. The van der Waals surface area contributed by atoms with Gasteiger partial charge in [-0.15, -0.1) is 24.8 Å². The predicted octanol–water partition coefficient (Wildman–Crippen LogP) is 1.22. The number of nitrogens with one attached hydrogen (secondary N) is 2. The number of amides is 1. The monoisotopic (exact) mass is 308 g/mol. The third-order valence-corrected chi connectivity index (χ3v) is 2.37. The molecule has 0 aliphatic heterocycles. The molecule has 7 heteroatoms. The van der Waals surface area contributed by atoms with Crippen LogP contribution in [-0.4, -0.2) is 38.6 Å². The van der Waals surface area contributed by atoms with Crippen LogP contribution in [0.5, 0.6) is 0 Å². The zero-order valence-electron chi connectivity index (χ0n) is 11.5. The molecule has 5 nitrogen and oxygen atoms in total. The molecule has 2 N–H and O–H groups in total. The Hall–Kier alpha value is -1.04. The first kappa shape index (κ1) is 20.3. The van der Waals surface area contributed by atoms with Gasteiger partial charge in [0.05, 0.1) is 0 Å². The van der Waals surface area contributed by atoms with Crippen molar-refractivity contribution >= 4 is 36.5 Å². The highest BCUT2D eigenvalue weighted by atomic mass is 35.5. The molecule has 1 rings (SSSR count). The molecule has 0 aromatic carbocycles.